The third kappa shape index (κ3) is 2.81. The third-order valence-electron chi connectivity index (χ3n) is 3.78. The summed E-state index contributed by atoms with van der Waals surface area (Å²) < 4.78 is 2.10. The predicted octanol–water partition coefficient (Wildman–Crippen LogP) is 1.92. The maximum atomic E-state index is 4.52. The number of fused-ring (bicyclic) bond motifs is 1. The van der Waals surface area contributed by atoms with Crippen molar-refractivity contribution in [3.05, 3.63) is 24.9 Å². The molecule has 1 aliphatic heterocycles. The van der Waals surface area contributed by atoms with Crippen molar-refractivity contribution in [2.75, 3.05) is 42.2 Å². The number of aromatic nitrogens is 5. The van der Waals surface area contributed by atoms with Gasteiger partial charge in [0.05, 0.1) is 6.20 Å². The van der Waals surface area contributed by atoms with E-state index in [0.717, 1.165) is 52.5 Å². The molecule has 0 N–H and O–H groups in total. The van der Waals surface area contributed by atoms with Gasteiger partial charge < -0.3 is 9.80 Å². The van der Waals surface area contributed by atoms with Crippen LogP contribution in [0.25, 0.3) is 10.3 Å². The third-order valence-corrected chi connectivity index (χ3v) is 5.81. The molecule has 4 heterocycles. The van der Waals surface area contributed by atoms with Gasteiger partial charge in [-0.15, -0.1) is 11.3 Å². The minimum Gasteiger partial charge on any atom is -0.352 e. The Balaban J connectivity index is 1.55. The van der Waals surface area contributed by atoms with Gasteiger partial charge in [-0.3, -0.25) is 4.98 Å². The first-order chi connectivity index (χ1) is 11.3. The molecule has 0 saturated carbocycles. The van der Waals surface area contributed by atoms with Crippen LogP contribution in [0.2, 0.25) is 0 Å². The lowest BCUT2D eigenvalue weighted by atomic mass is 10.3. The fraction of sp³-hybridized carbons (Fsp3) is 0.357. The van der Waals surface area contributed by atoms with Crippen molar-refractivity contribution >= 4 is 45.1 Å². The molecule has 0 radical (unpaired) electrons. The Morgan fingerprint density at radius 2 is 1.87 bits per heavy atom. The number of hydrogen-bond donors (Lipinski definition) is 0. The zero-order valence-corrected chi connectivity index (χ0v) is 14.2. The van der Waals surface area contributed by atoms with E-state index in [4.69, 9.17) is 0 Å². The summed E-state index contributed by atoms with van der Waals surface area (Å²) in [5.41, 5.74) is 0.792. The van der Waals surface area contributed by atoms with Crippen LogP contribution in [0, 0.1) is 0 Å². The van der Waals surface area contributed by atoms with Crippen molar-refractivity contribution in [2.24, 2.45) is 0 Å². The van der Waals surface area contributed by atoms with Crippen LogP contribution in [0.5, 0.6) is 0 Å². The Morgan fingerprint density at radius 3 is 2.61 bits per heavy atom. The Hall–Kier alpha value is -2.00. The highest BCUT2D eigenvalue weighted by Gasteiger charge is 2.22. The van der Waals surface area contributed by atoms with Gasteiger partial charge in [-0.2, -0.15) is 0 Å². The van der Waals surface area contributed by atoms with Gasteiger partial charge in [0.2, 0.25) is 0 Å². The lowest BCUT2D eigenvalue weighted by Gasteiger charge is -2.35. The average molecular weight is 345 g/mol. The molecule has 0 amide bonds. The molecule has 0 atom stereocenters. The van der Waals surface area contributed by atoms with Crippen molar-refractivity contribution in [3.8, 4) is 0 Å². The zero-order valence-electron chi connectivity index (χ0n) is 12.6. The summed E-state index contributed by atoms with van der Waals surface area (Å²) in [6.07, 6.45) is 8.88. The van der Waals surface area contributed by atoms with Gasteiger partial charge >= 0.3 is 0 Å². The highest BCUT2D eigenvalue weighted by molar-refractivity contribution is 8.00. The number of piperazine rings is 1. The van der Waals surface area contributed by atoms with E-state index in [1.807, 2.05) is 12.5 Å². The molecule has 0 aliphatic carbocycles. The summed E-state index contributed by atoms with van der Waals surface area (Å²) in [7, 11) is 0. The molecule has 3 aromatic heterocycles. The molecule has 0 aromatic carbocycles. The normalized spacial score (nSPS) is 15.3. The second-order valence-electron chi connectivity index (χ2n) is 5.07. The summed E-state index contributed by atoms with van der Waals surface area (Å²) in [5, 5.41) is 0. The highest BCUT2D eigenvalue weighted by atomic mass is 32.2. The molecule has 9 heteroatoms. The maximum absolute atomic E-state index is 4.52. The van der Waals surface area contributed by atoms with Crippen molar-refractivity contribution in [1.82, 2.24) is 24.9 Å². The topological polar surface area (TPSA) is 70.9 Å². The van der Waals surface area contributed by atoms with Crippen molar-refractivity contribution < 1.29 is 0 Å². The zero-order chi connectivity index (χ0) is 15.6. The monoisotopic (exact) mass is 345 g/mol. The first kappa shape index (κ1) is 14.6. The first-order valence-electron chi connectivity index (χ1n) is 7.26. The van der Waals surface area contributed by atoms with Crippen LogP contribution in [0.4, 0.5) is 11.6 Å². The number of anilines is 2. The Labute approximate surface area is 141 Å². The molecule has 0 spiro atoms. The Kier molecular flexibility index (Phi) is 3.96. The van der Waals surface area contributed by atoms with E-state index >= 15 is 0 Å². The van der Waals surface area contributed by atoms with Gasteiger partial charge in [0.15, 0.2) is 15.8 Å². The van der Waals surface area contributed by atoms with Crippen molar-refractivity contribution in [1.29, 1.82) is 0 Å². The molecule has 23 heavy (non-hydrogen) atoms. The summed E-state index contributed by atoms with van der Waals surface area (Å²) in [6.45, 7) is 3.60. The van der Waals surface area contributed by atoms with E-state index < -0.39 is 0 Å². The minimum atomic E-state index is 0.792. The van der Waals surface area contributed by atoms with Gasteiger partial charge in [-0.25, -0.2) is 19.9 Å². The number of rotatable bonds is 3. The molecule has 118 valence electrons. The van der Waals surface area contributed by atoms with Crippen LogP contribution < -0.4 is 9.80 Å². The van der Waals surface area contributed by atoms with E-state index in [9.17, 15) is 0 Å². The molecule has 1 fully saturated rings. The fourth-order valence-electron chi connectivity index (χ4n) is 2.64. The smallest absolute Gasteiger partial charge is 0.176 e. The van der Waals surface area contributed by atoms with Gasteiger partial charge in [-0.1, -0.05) is 11.8 Å². The van der Waals surface area contributed by atoms with Crippen LogP contribution >= 0.6 is 23.1 Å². The second-order valence-corrected chi connectivity index (χ2v) is 7.12. The SMILES string of the molecule is CSc1nc2ncnc(N3CCN(c4cnccn4)CC3)c2s1. The average Bonchev–Trinajstić information content (AvgIpc) is 3.06. The van der Waals surface area contributed by atoms with Gasteiger partial charge in [0.25, 0.3) is 0 Å². The molecular weight excluding hydrogens is 330 g/mol. The molecule has 1 saturated heterocycles. The van der Waals surface area contributed by atoms with Crippen molar-refractivity contribution in [3.63, 3.8) is 0 Å². The van der Waals surface area contributed by atoms with Crippen LogP contribution in [0.1, 0.15) is 0 Å². The molecule has 4 rings (SSSR count). The number of hydrogen-bond acceptors (Lipinski definition) is 9. The lowest BCUT2D eigenvalue weighted by Crippen LogP contribution is -2.47. The Bertz CT molecular complexity index is 799. The standard InChI is InChI=1S/C14H15N7S2/c1-22-14-19-12-11(23-14)13(18-9-17-12)21-6-4-20(5-7-21)10-8-15-2-3-16-10/h2-3,8-9H,4-7H2,1H3. The first-order valence-corrected chi connectivity index (χ1v) is 9.31. The summed E-state index contributed by atoms with van der Waals surface area (Å²) in [6, 6.07) is 0. The number of nitrogens with zero attached hydrogens (tertiary/aromatic N) is 7. The van der Waals surface area contributed by atoms with Gasteiger partial charge in [0, 0.05) is 38.6 Å². The lowest BCUT2D eigenvalue weighted by molar-refractivity contribution is 0.642. The van der Waals surface area contributed by atoms with Crippen molar-refractivity contribution in [2.45, 2.75) is 4.34 Å². The van der Waals surface area contributed by atoms with Crippen LogP contribution in [0.3, 0.4) is 0 Å². The van der Waals surface area contributed by atoms with Gasteiger partial charge in [0.1, 0.15) is 16.8 Å². The molecule has 1 aliphatic rings. The molecule has 0 unspecified atom stereocenters. The van der Waals surface area contributed by atoms with E-state index in [2.05, 4.69) is 34.7 Å². The van der Waals surface area contributed by atoms with E-state index in [1.165, 1.54) is 0 Å². The highest BCUT2D eigenvalue weighted by Crippen LogP contribution is 2.33. The van der Waals surface area contributed by atoms with Crippen LogP contribution in [-0.2, 0) is 0 Å². The predicted molar refractivity (Wildman–Crippen MR) is 93.4 cm³/mol. The maximum Gasteiger partial charge on any atom is 0.176 e. The summed E-state index contributed by atoms with van der Waals surface area (Å²) >= 11 is 3.31. The molecule has 0 bridgehead atoms. The molecule has 7 nitrogen and oxygen atoms in total. The van der Waals surface area contributed by atoms with E-state index in [0.29, 0.717) is 0 Å². The van der Waals surface area contributed by atoms with Gasteiger partial charge in [-0.05, 0) is 6.26 Å². The summed E-state index contributed by atoms with van der Waals surface area (Å²) in [4.78, 5) is 26.4. The Morgan fingerprint density at radius 1 is 1.04 bits per heavy atom. The largest absolute Gasteiger partial charge is 0.352 e. The van der Waals surface area contributed by atoms with Crippen LogP contribution in [-0.4, -0.2) is 57.4 Å². The van der Waals surface area contributed by atoms with E-state index in [-0.39, 0.29) is 0 Å². The quantitative estimate of drug-likeness (QED) is 0.667. The fourth-order valence-corrected chi connectivity index (χ4v) is 4.17. The number of thioether (sulfide) groups is 1. The molecular formula is C14H15N7S2. The number of thiazole rings is 1. The van der Waals surface area contributed by atoms with E-state index in [1.54, 1.807) is 41.8 Å². The second kappa shape index (κ2) is 6.25. The summed E-state index contributed by atoms with van der Waals surface area (Å²) in [5.74, 6) is 1.93. The van der Waals surface area contributed by atoms with Crippen LogP contribution in [0.15, 0.2) is 29.3 Å². The minimum absolute atomic E-state index is 0.792. The molecule has 3 aromatic rings.